The first-order valence-electron chi connectivity index (χ1n) is 7.93. The molecule has 0 bridgehead atoms. The molecule has 2 heterocycles. The lowest BCUT2D eigenvalue weighted by molar-refractivity contribution is -0.146. The number of carboxylic acids is 1. The second-order valence-corrected chi connectivity index (χ2v) is 6.54. The van der Waals surface area contributed by atoms with Gasteiger partial charge in [0, 0.05) is 22.8 Å². The third-order valence-electron chi connectivity index (χ3n) is 4.33. The molecule has 3 aromatic rings. The molecule has 0 unspecified atom stereocenters. The van der Waals surface area contributed by atoms with E-state index in [1.807, 2.05) is 31.2 Å². The monoisotopic (exact) mass is 340 g/mol. The second kappa shape index (κ2) is 6.08. The van der Waals surface area contributed by atoms with Crippen molar-refractivity contribution in [1.82, 2.24) is 14.8 Å². The minimum Gasteiger partial charge on any atom is -0.479 e. The highest BCUT2D eigenvalue weighted by Crippen LogP contribution is 2.23. The van der Waals surface area contributed by atoms with Crippen molar-refractivity contribution in [1.29, 1.82) is 0 Å². The first-order chi connectivity index (χ1) is 11.8. The van der Waals surface area contributed by atoms with Gasteiger partial charge in [-0.1, -0.05) is 18.2 Å². The summed E-state index contributed by atoms with van der Waals surface area (Å²) in [5.74, 6) is -1.18. The molecule has 0 saturated carbocycles. The van der Waals surface area contributed by atoms with Crippen molar-refractivity contribution in [3.05, 3.63) is 47.9 Å². The van der Waals surface area contributed by atoms with Gasteiger partial charge in [0.1, 0.15) is 0 Å². The molecular formula is C18H20N4O3. The highest BCUT2D eigenvalue weighted by Gasteiger charge is 2.30. The molecule has 0 aliphatic rings. The second-order valence-electron chi connectivity index (χ2n) is 6.54. The molecule has 1 amide bonds. The largest absolute Gasteiger partial charge is 0.479 e. The molecule has 0 aliphatic carbocycles. The van der Waals surface area contributed by atoms with Gasteiger partial charge in [-0.3, -0.25) is 9.48 Å². The fourth-order valence-corrected chi connectivity index (χ4v) is 2.72. The molecule has 1 aromatic carbocycles. The molecule has 0 atom stereocenters. The number of aromatic nitrogens is 3. The Morgan fingerprint density at radius 1 is 1.32 bits per heavy atom. The van der Waals surface area contributed by atoms with Crippen molar-refractivity contribution < 1.29 is 14.7 Å². The zero-order valence-corrected chi connectivity index (χ0v) is 14.3. The molecular weight excluding hydrogens is 320 g/mol. The Labute approximate surface area is 144 Å². The molecule has 0 saturated heterocycles. The van der Waals surface area contributed by atoms with E-state index in [-0.39, 0.29) is 12.3 Å². The van der Waals surface area contributed by atoms with E-state index in [1.54, 1.807) is 13.8 Å². The maximum absolute atomic E-state index is 12.4. The Kier molecular flexibility index (Phi) is 4.08. The van der Waals surface area contributed by atoms with Crippen LogP contribution in [0.2, 0.25) is 0 Å². The number of nitrogens with one attached hydrogen (secondary N) is 2. The number of aliphatic carboxylic acids is 1. The lowest BCUT2D eigenvalue weighted by Crippen LogP contribution is -2.35. The van der Waals surface area contributed by atoms with Gasteiger partial charge in [-0.25, -0.2) is 4.79 Å². The van der Waals surface area contributed by atoms with Crippen LogP contribution in [0.1, 0.15) is 25.1 Å². The van der Waals surface area contributed by atoms with Gasteiger partial charge in [0.05, 0.1) is 18.3 Å². The maximum Gasteiger partial charge on any atom is 0.331 e. The minimum absolute atomic E-state index is 0.180. The Bertz CT molecular complexity index is 952. The molecule has 130 valence electrons. The number of fused-ring (bicyclic) bond motifs is 1. The summed E-state index contributed by atoms with van der Waals surface area (Å²) in [6.07, 6.45) is 3.20. The number of anilines is 1. The van der Waals surface area contributed by atoms with E-state index in [0.29, 0.717) is 5.69 Å². The summed E-state index contributed by atoms with van der Waals surface area (Å²) in [4.78, 5) is 26.9. The SMILES string of the molecule is Cc1[nH]c2ccccc2c1CC(=O)Nc1cnn(C(C)(C)C(=O)O)c1. The van der Waals surface area contributed by atoms with E-state index in [2.05, 4.69) is 15.4 Å². The summed E-state index contributed by atoms with van der Waals surface area (Å²) < 4.78 is 1.32. The number of carboxylic acid groups (broad SMARTS) is 1. The number of aryl methyl sites for hydroxylation is 1. The third-order valence-corrected chi connectivity index (χ3v) is 4.33. The van der Waals surface area contributed by atoms with Gasteiger partial charge in [0.25, 0.3) is 0 Å². The number of hydrogen-bond acceptors (Lipinski definition) is 3. The van der Waals surface area contributed by atoms with Crippen molar-refractivity contribution >= 4 is 28.5 Å². The molecule has 25 heavy (non-hydrogen) atoms. The number of H-pyrrole nitrogens is 1. The van der Waals surface area contributed by atoms with Crippen LogP contribution in [-0.4, -0.2) is 31.7 Å². The van der Waals surface area contributed by atoms with Crippen molar-refractivity contribution in [2.75, 3.05) is 5.32 Å². The van der Waals surface area contributed by atoms with Gasteiger partial charge in [-0.05, 0) is 32.4 Å². The smallest absolute Gasteiger partial charge is 0.331 e. The molecule has 3 N–H and O–H groups in total. The van der Waals surface area contributed by atoms with E-state index in [0.717, 1.165) is 22.2 Å². The summed E-state index contributed by atoms with van der Waals surface area (Å²) in [6.45, 7) is 5.03. The number of hydrogen-bond donors (Lipinski definition) is 3. The topological polar surface area (TPSA) is 100 Å². The molecule has 3 rings (SSSR count). The van der Waals surface area contributed by atoms with Crippen LogP contribution in [0.4, 0.5) is 5.69 Å². The number of benzene rings is 1. The summed E-state index contributed by atoms with van der Waals surface area (Å²) in [5.41, 5.74) is 2.19. The number of para-hydroxylation sites is 1. The highest BCUT2D eigenvalue weighted by molar-refractivity contribution is 5.96. The van der Waals surface area contributed by atoms with Gasteiger partial charge >= 0.3 is 5.97 Å². The number of aromatic amines is 1. The predicted octanol–water partition coefficient (Wildman–Crippen LogP) is 2.67. The highest BCUT2D eigenvalue weighted by atomic mass is 16.4. The van der Waals surface area contributed by atoms with E-state index >= 15 is 0 Å². The number of amides is 1. The zero-order chi connectivity index (χ0) is 18.2. The predicted molar refractivity (Wildman–Crippen MR) is 94.6 cm³/mol. The Hall–Kier alpha value is -3.09. The van der Waals surface area contributed by atoms with E-state index in [4.69, 9.17) is 0 Å². The van der Waals surface area contributed by atoms with Crippen LogP contribution in [0.25, 0.3) is 10.9 Å². The van der Waals surface area contributed by atoms with Gasteiger partial charge < -0.3 is 15.4 Å². The van der Waals surface area contributed by atoms with Crippen LogP contribution in [0.5, 0.6) is 0 Å². The molecule has 7 nitrogen and oxygen atoms in total. The number of rotatable bonds is 5. The average molecular weight is 340 g/mol. The normalized spacial score (nSPS) is 11.6. The van der Waals surface area contributed by atoms with Crippen molar-refractivity contribution in [3.63, 3.8) is 0 Å². The van der Waals surface area contributed by atoms with Crippen LogP contribution in [-0.2, 0) is 21.5 Å². The summed E-state index contributed by atoms with van der Waals surface area (Å²) in [6, 6.07) is 7.84. The van der Waals surface area contributed by atoms with Crippen LogP contribution in [0.3, 0.4) is 0 Å². The first-order valence-corrected chi connectivity index (χ1v) is 7.93. The van der Waals surface area contributed by atoms with E-state index < -0.39 is 11.5 Å². The number of carbonyl (C=O) groups is 2. The lowest BCUT2D eigenvalue weighted by atomic mass is 10.1. The van der Waals surface area contributed by atoms with Gasteiger partial charge in [0.15, 0.2) is 5.54 Å². The van der Waals surface area contributed by atoms with Gasteiger partial charge in [-0.15, -0.1) is 0 Å². The molecule has 0 aliphatic heterocycles. The molecule has 0 radical (unpaired) electrons. The molecule has 2 aromatic heterocycles. The third kappa shape index (κ3) is 3.13. The lowest BCUT2D eigenvalue weighted by Gasteiger charge is -2.19. The van der Waals surface area contributed by atoms with Gasteiger partial charge in [0.2, 0.25) is 5.91 Å². The minimum atomic E-state index is -1.18. The van der Waals surface area contributed by atoms with Crippen LogP contribution in [0.15, 0.2) is 36.7 Å². The Morgan fingerprint density at radius 3 is 2.76 bits per heavy atom. The van der Waals surface area contributed by atoms with Crippen molar-refractivity contribution in [2.45, 2.75) is 32.7 Å². The average Bonchev–Trinajstić information content (AvgIpc) is 3.13. The van der Waals surface area contributed by atoms with Crippen LogP contribution >= 0.6 is 0 Å². The quantitative estimate of drug-likeness (QED) is 0.665. The van der Waals surface area contributed by atoms with Crippen LogP contribution < -0.4 is 5.32 Å². The number of nitrogens with zero attached hydrogens (tertiary/aromatic N) is 2. The Balaban J connectivity index is 1.76. The molecule has 7 heteroatoms. The van der Waals surface area contributed by atoms with Gasteiger partial charge in [-0.2, -0.15) is 5.10 Å². The standard InChI is InChI=1S/C18H20N4O3/c1-11-14(13-6-4-5-7-15(13)20-11)8-16(23)21-12-9-19-22(10-12)18(2,3)17(24)25/h4-7,9-10,20H,8H2,1-3H3,(H,21,23)(H,24,25). The summed E-state index contributed by atoms with van der Waals surface area (Å²) in [7, 11) is 0. The van der Waals surface area contributed by atoms with Crippen molar-refractivity contribution in [2.24, 2.45) is 0 Å². The Morgan fingerprint density at radius 2 is 2.04 bits per heavy atom. The molecule has 0 fully saturated rings. The number of carbonyl (C=O) groups excluding carboxylic acids is 1. The maximum atomic E-state index is 12.4. The first kappa shape index (κ1) is 16.8. The van der Waals surface area contributed by atoms with Crippen molar-refractivity contribution in [3.8, 4) is 0 Å². The molecule has 0 spiro atoms. The zero-order valence-electron chi connectivity index (χ0n) is 14.3. The summed E-state index contributed by atoms with van der Waals surface area (Å²) >= 11 is 0. The summed E-state index contributed by atoms with van der Waals surface area (Å²) in [5, 5.41) is 17.1. The van der Waals surface area contributed by atoms with Crippen LogP contribution in [0, 0.1) is 6.92 Å². The van der Waals surface area contributed by atoms with E-state index in [1.165, 1.54) is 17.1 Å². The van der Waals surface area contributed by atoms with E-state index in [9.17, 15) is 14.7 Å². The fraction of sp³-hybridized carbons (Fsp3) is 0.278. The fourth-order valence-electron chi connectivity index (χ4n) is 2.72.